The Balaban J connectivity index is 2.02. The highest BCUT2D eigenvalue weighted by molar-refractivity contribution is 5.81. The average Bonchev–Trinajstić information content (AvgIpc) is 2.47. The summed E-state index contributed by atoms with van der Waals surface area (Å²) < 4.78 is 43.2. The number of ether oxygens (including phenoxy) is 1. The van der Waals surface area contributed by atoms with E-state index in [1.165, 1.54) is 4.90 Å². The fraction of sp³-hybridized carbons (Fsp3) is 0.933. The standard InChI is InChI=1S/C15H25F3N2O2/c1-19-9-10-22-13(11-19)14(21)20(8-7-15(16,17)18)12-5-3-2-4-6-12/h12-13H,2-11H2,1H3/t13-/m0/s1. The monoisotopic (exact) mass is 322 g/mol. The topological polar surface area (TPSA) is 32.8 Å². The number of likely N-dealkylation sites (N-methyl/N-ethyl adjacent to an activating group) is 1. The van der Waals surface area contributed by atoms with Crippen molar-refractivity contribution in [3.05, 3.63) is 0 Å². The zero-order valence-electron chi connectivity index (χ0n) is 13.1. The zero-order chi connectivity index (χ0) is 16.2. The predicted octanol–water partition coefficient (Wildman–Crippen LogP) is 2.43. The minimum Gasteiger partial charge on any atom is -0.366 e. The molecule has 2 rings (SSSR count). The maximum atomic E-state index is 12.7. The summed E-state index contributed by atoms with van der Waals surface area (Å²) in [6, 6.07) is -0.0700. The molecule has 7 heteroatoms. The Labute approximate surface area is 129 Å². The lowest BCUT2D eigenvalue weighted by Gasteiger charge is -2.38. The van der Waals surface area contributed by atoms with E-state index in [9.17, 15) is 18.0 Å². The Morgan fingerprint density at radius 1 is 1.27 bits per heavy atom. The molecule has 1 atom stereocenters. The number of amides is 1. The molecule has 1 saturated carbocycles. The van der Waals surface area contributed by atoms with Gasteiger partial charge in [0.25, 0.3) is 5.91 Å². The highest BCUT2D eigenvalue weighted by Gasteiger charge is 2.36. The Morgan fingerprint density at radius 2 is 1.95 bits per heavy atom. The van der Waals surface area contributed by atoms with Gasteiger partial charge in [0.05, 0.1) is 13.0 Å². The second-order valence-corrected chi connectivity index (χ2v) is 6.31. The summed E-state index contributed by atoms with van der Waals surface area (Å²) in [4.78, 5) is 16.1. The first kappa shape index (κ1) is 17.5. The summed E-state index contributed by atoms with van der Waals surface area (Å²) in [5, 5.41) is 0. The number of hydrogen-bond donors (Lipinski definition) is 0. The van der Waals surface area contributed by atoms with Crippen LogP contribution in [0.2, 0.25) is 0 Å². The third kappa shape index (κ3) is 5.12. The van der Waals surface area contributed by atoms with Gasteiger partial charge in [-0.1, -0.05) is 19.3 Å². The lowest BCUT2D eigenvalue weighted by atomic mass is 9.93. The SMILES string of the molecule is CN1CCO[C@H](C(=O)N(CCC(F)(F)F)C2CCCCC2)C1. The molecule has 1 aliphatic carbocycles. The van der Waals surface area contributed by atoms with Crippen LogP contribution >= 0.6 is 0 Å². The Morgan fingerprint density at radius 3 is 2.55 bits per heavy atom. The van der Waals surface area contributed by atoms with E-state index in [2.05, 4.69) is 0 Å². The van der Waals surface area contributed by atoms with Crippen molar-refractivity contribution in [3.8, 4) is 0 Å². The molecule has 22 heavy (non-hydrogen) atoms. The van der Waals surface area contributed by atoms with Gasteiger partial charge in [0, 0.05) is 25.7 Å². The maximum absolute atomic E-state index is 12.7. The third-order valence-electron chi connectivity index (χ3n) is 4.48. The lowest BCUT2D eigenvalue weighted by Crippen LogP contribution is -2.53. The third-order valence-corrected chi connectivity index (χ3v) is 4.48. The van der Waals surface area contributed by atoms with E-state index in [1.54, 1.807) is 0 Å². The number of carbonyl (C=O) groups excluding carboxylic acids is 1. The summed E-state index contributed by atoms with van der Waals surface area (Å²) in [7, 11) is 1.89. The molecule has 0 bridgehead atoms. The number of hydrogen-bond acceptors (Lipinski definition) is 3. The fourth-order valence-electron chi connectivity index (χ4n) is 3.22. The molecule has 0 aromatic carbocycles. The van der Waals surface area contributed by atoms with Gasteiger partial charge in [-0.05, 0) is 19.9 Å². The van der Waals surface area contributed by atoms with Gasteiger partial charge in [0.15, 0.2) is 0 Å². The predicted molar refractivity (Wildman–Crippen MR) is 76.5 cm³/mol. The molecule has 128 valence electrons. The van der Waals surface area contributed by atoms with Crippen molar-refractivity contribution in [1.82, 2.24) is 9.80 Å². The van der Waals surface area contributed by atoms with Crippen molar-refractivity contribution in [1.29, 1.82) is 0 Å². The van der Waals surface area contributed by atoms with Gasteiger partial charge in [-0.2, -0.15) is 13.2 Å². The number of carbonyl (C=O) groups is 1. The van der Waals surface area contributed by atoms with Crippen LogP contribution in [0, 0.1) is 0 Å². The van der Waals surface area contributed by atoms with Gasteiger partial charge in [-0.25, -0.2) is 0 Å². The van der Waals surface area contributed by atoms with E-state index in [0.29, 0.717) is 13.2 Å². The molecule has 2 fully saturated rings. The first-order valence-corrected chi connectivity index (χ1v) is 8.04. The fourth-order valence-corrected chi connectivity index (χ4v) is 3.22. The normalized spacial score (nSPS) is 25.2. The van der Waals surface area contributed by atoms with Crippen molar-refractivity contribution in [2.75, 3.05) is 33.3 Å². The maximum Gasteiger partial charge on any atom is 0.390 e. The van der Waals surface area contributed by atoms with Crippen LogP contribution in [0.15, 0.2) is 0 Å². The van der Waals surface area contributed by atoms with Crippen LogP contribution in [-0.2, 0) is 9.53 Å². The summed E-state index contributed by atoms with van der Waals surface area (Å²) in [6.45, 7) is 1.39. The molecule has 1 amide bonds. The quantitative estimate of drug-likeness (QED) is 0.797. The molecule has 4 nitrogen and oxygen atoms in total. The second kappa shape index (κ2) is 7.64. The van der Waals surface area contributed by atoms with Crippen molar-refractivity contribution in [3.63, 3.8) is 0 Å². The molecule has 0 aromatic rings. The van der Waals surface area contributed by atoms with Gasteiger partial charge in [0.1, 0.15) is 6.10 Å². The summed E-state index contributed by atoms with van der Waals surface area (Å²) in [5.41, 5.74) is 0. The van der Waals surface area contributed by atoms with Crippen LogP contribution in [0.25, 0.3) is 0 Å². The van der Waals surface area contributed by atoms with Crippen LogP contribution in [0.4, 0.5) is 13.2 Å². The highest BCUT2D eigenvalue weighted by atomic mass is 19.4. The number of alkyl halides is 3. The number of rotatable bonds is 4. The van der Waals surface area contributed by atoms with Gasteiger partial charge < -0.3 is 14.5 Å². The Bertz CT molecular complexity index is 370. The van der Waals surface area contributed by atoms with Gasteiger partial charge in [-0.3, -0.25) is 4.79 Å². The second-order valence-electron chi connectivity index (χ2n) is 6.31. The van der Waals surface area contributed by atoms with Gasteiger partial charge in [-0.15, -0.1) is 0 Å². The lowest BCUT2D eigenvalue weighted by molar-refractivity contribution is -0.159. The minimum atomic E-state index is -4.24. The average molecular weight is 322 g/mol. The van der Waals surface area contributed by atoms with Crippen molar-refractivity contribution >= 4 is 5.91 Å². The molecule has 0 radical (unpaired) electrons. The first-order chi connectivity index (χ1) is 10.4. The van der Waals surface area contributed by atoms with E-state index < -0.39 is 18.7 Å². The Kier molecular flexibility index (Phi) is 6.09. The zero-order valence-corrected chi connectivity index (χ0v) is 13.1. The summed E-state index contributed by atoms with van der Waals surface area (Å²) in [5.74, 6) is -0.275. The van der Waals surface area contributed by atoms with Crippen molar-refractivity contribution < 1.29 is 22.7 Å². The van der Waals surface area contributed by atoms with E-state index >= 15 is 0 Å². The molecule has 0 aromatic heterocycles. The first-order valence-electron chi connectivity index (χ1n) is 8.04. The van der Waals surface area contributed by atoms with Crippen LogP contribution in [0.5, 0.6) is 0 Å². The molecule has 1 saturated heterocycles. The minimum absolute atomic E-state index is 0.0700. The molecule has 0 spiro atoms. The smallest absolute Gasteiger partial charge is 0.366 e. The number of nitrogens with zero attached hydrogens (tertiary/aromatic N) is 2. The van der Waals surface area contributed by atoms with Crippen molar-refractivity contribution in [2.45, 2.75) is 56.8 Å². The highest BCUT2D eigenvalue weighted by Crippen LogP contribution is 2.27. The van der Waals surface area contributed by atoms with Crippen LogP contribution < -0.4 is 0 Å². The molecule has 1 heterocycles. The molecule has 1 aliphatic heterocycles. The van der Waals surface area contributed by atoms with Crippen molar-refractivity contribution in [2.24, 2.45) is 0 Å². The molecule has 0 unspecified atom stereocenters. The van der Waals surface area contributed by atoms with Gasteiger partial charge in [0.2, 0.25) is 0 Å². The van der Waals surface area contributed by atoms with E-state index in [0.717, 1.165) is 38.6 Å². The van der Waals surface area contributed by atoms with Crippen LogP contribution in [0.1, 0.15) is 38.5 Å². The van der Waals surface area contributed by atoms with Gasteiger partial charge >= 0.3 is 6.18 Å². The largest absolute Gasteiger partial charge is 0.390 e. The molecule has 2 aliphatic rings. The molecule has 0 N–H and O–H groups in total. The summed E-state index contributed by atoms with van der Waals surface area (Å²) in [6.07, 6.45) is -1.17. The van der Waals surface area contributed by atoms with Crippen LogP contribution in [0.3, 0.4) is 0 Å². The van der Waals surface area contributed by atoms with Crippen LogP contribution in [-0.4, -0.2) is 67.3 Å². The number of halogens is 3. The molecular weight excluding hydrogens is 297 g/mol. The van der Waals surface area contributed by atoms with E-state index in [1.807, 2.05) is 11.9 Å². The van der Waals surface area contributed by atoms with E-state index in [4.69, 9.17) is 4.74 Å². The molecular formula is C15H25F3N2O2. The Hall–Kier alpha value is -0.820. The number of morpholine rings is 1. The summed E-state index contributed by atoms with van der Waals surface area (Å²) >= 11 is 0. The van der Waals surface area contributed by atoms with E-state index in [-0.39, 0.29) is 18.5 Å².